The minimum Gasteiger partial charge on any atom is -0.497 e. The molecule has 0 bridgehead atoms. The van der Waals surface area contributed by atoms with Gasteiger partial charge in [0.1, 0.15) is 5.75 Å². The topological polar surface area (TPSA) is 104 Å². The van der Waals surface area contributed by atoms with Gasteiger partial charge in [0, 0.05) is 11.3 Å². The van der Waals surface area contributed by atoms with Crippen LogP contribution in [0.3, 0.4) is 0 Å². The Morgan fingerprint density at radius 2 is 1.79 bits per heavy atom. The van der Waals surface area contributed by atoms with E-state index in [1.807, 2.05) is 12.1 Å². The van der Waals surface area contributed by atoms with Crippen LogP contribution in [0.1, 0.15) is 17.3 Å². The monoisotopic (exact) mass is 413 g/mol. The minimum atomic E-state index is -0.398. The summed E-state index contributed by atoms with van der Waals surface area (Å²) in [5.41, 5.74) is 1.76. The molecule has 1 N–H and O–H groups in total. The van der Waals surface area contributed by atoms with Crippen LogP contribution in [0.2, 0.25) is 0 Å². The van der Waals surface area contributed by atoms with Crippen molar-refractivity contribution in [1.82, 2.24) is 10.2 Å². The summed E-state index contributed by atoms with van der Waals surface area (Å²) in [7, 11) is 1.59. The molecule has 1 aromatic heterocycles. The highest BCUT2D eigenvalue weighted by Gasteiger charge is 2.12. The fourth-order valence-electron chi connectivity index (χ4n) is 2.35. The van der Waals surface area contributed by atoms with Gasteiger partial charge in [0.2, 0.25) is 11.8 Å². The number of ether oxygens (including phenoxy) is 2. The summed E-state index contributed by atoms with van der Waals surface area (Å²) >= 11 is 1.13. The number of anilines is 1. The van der Waals surface area contributed by atoms with Gasteiger partial charge < -0.3 is 19.2 Å². The Morgan fingerprint density at radius 3 is 2.45 bits per heavy atom. The maximum atomic E-state index is 12.1. The number of aromatic nitrogens is 2. The van der Waals surface area contributed by atoms with Gasteiger partial charge in [-0.25, -0.2) is 4.79 Å². The molecule has 0 radical (unpaired) electrons. The van der Waals surface area contributed by atoms with Crippen molar-refractivity contribution in [2.24, 2.45) is 0 Å². The van der Waals surface area contributed by atoms with Crippen molar-refractivity contribution in [3.63, 3.8) is 0 Å². The third-order valence-electron chi connectivity index (χ3n) is 3.75. The Kier molecular flexibility index (Phi) is 6.85. The molecule has 0 aliphatic carbocycles. The van der Waals surface area contributed by atoms with Gasteiger partial charge in [0.15, 0.2) is 0 Å². The number of hydrogen-bond donors (Lipinski definition) is 1. The highest BCUT2D eigenvalue weighted by Crippen LogP contribution is 2.25. The van der Waals surface area contributed by atoms with Gasteiger partial charge in [-0.15, -0.1) is 10.2 Å². The van der Waals surface area contributed by atoms with Crippen molar-refractivity contribution in [3.8, 4) is 17.2 Å². The van der Waals surface area contributed by atoms with Crippen LogP contribution in [0.15, 0.2) is 58.2 Å². The summed E-state index contributed by atoms with van der Waals surface area (Å²) in [6, 6.07) is 13.7. The number of nitrogens with zero attached hydrogens (tertiary/aromatic N) is 2. The number of amides is 1. The lowest BCUT2D eigenvalue weighted by Gasteiger charge is -2.05. The van der Waals surface area contributed by atoms with Gasteiger partial charge in [-0.2, -0.15) is 0 Å². The van der Waals surface area contributed by atoms with Crippen LogP contribution in [0, 0.1) is 0 Å². The van der Waals surface area contributed by atoms with Gasteiger partial charge in [-0.05, 0) is 55.5 Å². The van der Waals surface area contributed by atoms with Gasteiger partial charge in [-0.1, -0.05) is 11.8 Å². The molecule has 0 unspecified atom stereocenters. The molecule has 9 heteroatoms. The molecule has 8 nitrogen and oxygen atoms in total. The lowest BCUT2D eigenvalue weighted by Crippen LogP contribution is -2.14. The Morgan fingerprint density at radius 1 is 1.07 bits per heavy atom. The van der Waals surface area contributed by atoms with E-state index in [9.17, 15) is 9.59 Å². The third-order valence-corrected chi connectivity index (χ3v) is 4.57. The maximum absolute atomic E-state index is 12.1. The van der Waals surface area contributed by atoms with E-state index in [0.717, 1.165) is 23.1 Å². The molecule has 1 amide bonds. The lowest BCUT2D eigenvalue weighted by atomic mass is 10.2. The van der Waals surface area contributed by atoms with Gasteiger partial charge >= 0.3 is 5.97 Å². The average molecular weight is 413 g/mol. The molecule has 2 aromatic carbocycles. The molecular formula is C20H19N3O5S. The van der Waals surface area contributed by atoms with Crippen molar-refractivity contribution in [2.75, 3.05) is 24.8 Å². The number of carbonyl (C=O) groups excluding carboxylic acids is 2. The number of nitrogens with one attached hydrogen (secondary N) is 1. The minimum absolute atomic E-state index is 0.101. The first kappa shape index (κ1) is 20.4. The highest BCUT2D eigenvalue weighted by molar-refractivity contribution is 7.99. The average Bonchev–Trinajstić information content (AvgIpc) is 3.22. The van der Waals surface area contributed by atoms with E-state index in [2.05, 4.69) is 15.5 Å². The maximum Gasteiger partial charge on any atom is 0.338 e. The van der Waals surface area contributed by atoms with Crippen molar-refractivity contribution >= 4 is 29.3 Å². The van der Waals surface area contributed by atoms with Gasteiger partial charge in [0.25, 0.3) is 5.22 Å². The predicted molar refractivity (Wildman–Crippen MR) is 108 cm³/mol. The van der Waals surface area contributed by atoms with Crippen LogP contribution in [-0.2, 0) is 9.53 Å². The summed E-state index contributed by atoms with van der Waals surface area (Å²) in [6.07, 6.45) is 0. The number of benzene rings is 2. The molecule has 0 fully saturated rings. The van der Waals surface area contributed by atoms with Crippen molar-refractivity contribution in [2.45, 2.75) is 12.1 Å². The van der Waals surface area contributed by atoms with Gasteiger partial charge in [0.05, 0.1) is 25.0 Å². The summed E-state index contributed by atoms with van der Waals surface area (Å²) < 4.78 is 15.6. The molecule has 0 atom stereocenters. The molecule has 29 heavy (non-hydrogen) atoms. The van der Waals surface area contributed by atoms with E-state index in [1.165, 1.54) is 0 Å². The van der Waals surface area contributed by atoms with Crippen LogP contribution in [0.25, 0.3) is 11.5 Å². The molecule has 0 saturated heterocycles. The fourth-order valence-corrected chi connectivity index (χ4v) is 2.91. The van der Waals surface area contributed by atoms with E-state index in [1.54, 1.807) is 50.4 Å². The predicted octanol–water partition coefficient (Wildman–Crippen LogP) is 3.65. The quantitative estimate of drug-likeness (QED) is 0.441. The van der Waals surface area contributed by atoms with Crippen LogP contribution in [-0.4, -0.2) is 41.5 Å². The zero-order valence-corrected chi connectivity index (χ0v) is 16.7. The van der Waals surface area contributed by atoms with Gasteiger partial charge in [-0.3, -0.25) is 4.79 Å². The zero-order chi connectivity index (χ0) is 20.6. The standard InChI is InChI=1S/C20H19N3O5S/c1-3-27-19(25)14-4-8-15(9-5-14)21-17(24)12-29-20-23-22-18(28-20)13-6-10-16(26-2)11-7-13/h4-11H,3,12H2,1-2H3,(H,21,24). The molecule has 1 heterocycles. The summed E-state index contributed by atoms with van der Waals surface area (Å²) in [5.74, 6) is 0.567. The molecule has 0 aliphatic heterocycles. The third kappa shape index (κ3) is 5.58. The molecule has 3 rings (SSSR count). The first-order valence-electron chi connectivity index (χ1n) is 8.77. The second kappa shape index (κ2) is 9.74. The lowest BCUT2D eigenvalue weighted by molar-refractivity contribution is -0.113. The van der Waals surface area contributed by atoms with Crippen molar-refractivity contribution in [1.29, 1.82) is 0 Å². The first-order chi connectivity index (χ1) is 14.1. The second-order valence-corrected chi connectivity index (χ2v) is 6.66. The number of carbonyl (C=O) groups is 2. The Bertz CT molecular complexity index is 971. The second-order valence-electron chi connectivity index (χ2n) is 5.74. The van der Waals surface area contributed by atoms with E-state index >= 15 is 0 Å². The normalized spacial score (nSPS) is 10.4. The smallest absolute Gasteiger partial charge is 0.338 e. The van der Waals surface area contributed by atoms with E-state index in [-0.39, 0.29) is 11.7 Å². The first-order valence-corrected chi connectivity index (χ1v) is 9.75. The summed E-state index contributed by atoms with van der Waals surface area (Å²) in [4.78, 5) is 23.8. The Labute approximate surface area is 171 Å². The summed E-state index contributed by atoms with van der Waals surface area (Å²) in [5, 5.41) is 11.0. The van der Waals surface area contributed by atoms with Crippen LogP contribution in [0.4, 0.5) is 5.69 Å². The molecule has 0 aliphatic rings. The number of methoxy groups -OCH3 is 1. The fraction of sp³-hybridized carbons (Fsp3) is 0.200. The molecule has 3 aromatic rings. The van der Waals surface area contributed by atoms with Crippen LogP contribution < -0.4 is 10.1 Å². The van der Waals surface area contributed by atoms with E-state index in [4.69, 9.17) is 13.9 Å². The van der Waals surface area contributed by atoms with Crippen LogP contribution >= 0.6 is 11.8 Å². The van der Waals surface area contributed by atoms with Crippen molar-refractivity contribution < 1.29 is 23.5 Å². The largest absolute Gasteiger partial charge is 0.497 e. The zero-order valence-electron chi connectivity index (χ0n) is 15.9. The highest BCUT2D eigenvalue weighted by atomic mass is 32.2. The van der Waals surface area contributed by atoms with E-state index in [0.29, 0.717) is 29.0 Å². The molecule has 0 spiro atoms. The SMILES string of the molecule is CCOC(=O)c1ccc(NC(=O)CSc2nnc(-c3ccc(OC)cc3)o2)cc1. The molecule has 150 valence electrons. The molecular weight excluding hydrogens is 394 g/mol. The number of rotatable bonds is 8. The number of hydrogen-bond acceptors (Lipinski definition) is 8. The van der Waals surface area contributed by atoms with E-state index < -0.39 is 5.97 Å². The molecule has 0 saturated carbocycles. The van der Waals surface area contributed by atoms with Crippen LogP contribution in [0.5, 0.6) is 5.75 Å². The summed E-state index contributed by atoms with van der Waals surface area (Å²) in [6.45, 7) is 2.05. The number of thioether (sulfide) groups is 1. The Hall–Kier alpha value is -3.33. The Balaban J connectivity index is 1.51. The number of esters is 1. The van der Waals surface area contributed by atoms with Crippen molar-refractivity contribution in [3.05, 3.63) is 54.1 Å².